The first kappa shape index (κ1) is 17.0. The Morgan fingerprint density at radius 2 is 2.10 bits per heavy atom. The van der Waals surface area contributed by atoms with Crippen LogP contribution in [-0.4, -0.2) is 37.2 Å². The van der Waals surface area contributed by atoms with Crippen molar-refractivity contribution in [1.82, 2.24) is 4.90 Å². The Morgan fingerprint density at radius 3 is 2.60 bits per heavy atom. The van der Waals surface area contributed by atoms with Crippen LogP contribution >= 0.6 is 15.9 Å². The predicted octanol–water partition coefficient (Wildman–Crippen LogP) is 3.23. The van der Waals surface area contributed by atoms with Crippen LogP contribution in [0.1, 0.15) is 26.3 Å². The minimum Gasteiger partial charge on any atom is -0.496 e. The Bertz CT molecular complexity index is 449. The number of hydrogen-bond acceptors (Lipinski definition) is 4. The lowest BCUT2D eigenvalue weighted by Crippen LogP contribution is -2.36. The largest absolute Gasteiger partial charge is 0.496 e. The van der Waals surface area contributed by atoms with Gasteiger partial charge in [0, 0.05) is 12.6 Å². The minimum absolute atomic E-state index is 0.186. The summed E-state index contributed by atoms with van der Waals surface area (Å²) in [5.74, 6) is 0.615. The molecule has 1 aromatic rings. The average Bonchev–Trinajstić information content (AvgIpc) is 2.38. The van der Waals surface area contributed by atoms with Gasteiger partial charge in [0.2, 0.25) is 0 Å². The normalized spacial score (nSPS) is 10.9. The number of halogens is 1. The number of esters is 1. The second-order valence-corrected chi connectivity index (χ2v) is 5.63. The summed E-state index contributed by atoms with van der Waals surface area (Å²) in [6, 6.07) is 6.20. The molecule has 0 amide bonds. The zero-order chi connectivity index (χ0) is 15.1. The van der Waals surface area contributed by atoms with Crippen molar-refractivity contribution in [2.75, 3.05) is 20.3 Å². The number of carbonyl (C=O) groups is 1. The molecule has 0 N–H and O–H groups in total. The fourth-order valence-electron chi connectivity index (χ4n) is 1.84. The van der Waals surface area contributed by atoms with Crippen LogP contribution in [0.2, 0.25) is 0 Å². The molecular formula is C15H22BrNO3. The number of hydrogen-bond donors (Lipinski definition) is 0. The summed E-state index contributed by atoms with van der Waals surface area (Å²) in [6.45, 7) is 7.36. The Balaban J connectivity index is 2.75. The molecular weight excluding hydrogens is 322 g/mol. The Labute approximate surface area is 129 Å². The van der Waals surface area contributed by atoms with Gasteiger partial charge in [-0.15, -0.1) is 0 Å². The first-order valence-corrected chi connectivity index (χ1v) is 7.49. The predicted molar refractivity (Wildman–Crippen MR) is 82.9 cm³/mol. The number of benzene rings is 1. The summed E-state index contributed by atoms with van der Waals surface area (Å²) < 4.78 is 11.1. The van der Waals surface area contributed by atoms with Crippen molar-refractivity contribution in [1.29, 1.82) is 0 Å². The zero-order valence-electron chi connectivity index (χ0n) is 12.5. The van der Waals surface area contributed by atoms with Crippen LogP contribution in [0.5, 0.6) is 5.75 Å². The van der Waals surface area contributed by atoms with Crippen molar-refractivity contribution in [3.63, 3.8) is 0 Å². The summed E-state index contributed by atoms with van der Waals surface area (Å²) in [4.78, 5) is 13.7. The maximum Gasteiger partial charge on any atom is 0.320 e. The maximum atomic E-state index is 11.6. The molecule has 0 fully saturated rings. The number of rotatable bonds is 7. The highest BCUT2D eigenvalue weighted by molar-refractivity contribution is 9.10. The van der Waals surface area contributed by atoms with Gasteiger partial charge in [-0.25, -0.2) is 0 Å². The van der Waals surface area contributed by atoms with E-state index in [1.807, 2.05) is 25.1 Å². The molecule has 0 atom stereocenters. The van der Waals surface area contributed by atoms with Gasteiger partial charge in [0.05, 0.1) is 24.7 Å². The highest BCUT2D eigenvalue weighted by Crippen LogP contribution is 2.26. The van der Waals surface area contributed by atoms with Crippen molar-refractivity contribution in [3.05, 3.63) is 28.2 Å². The van der Waals surface area contributed by atoms with Gasteiger partial charge >= 0.3 is 5.97 Å². The van der Waals surface area contributed by atoms with Gasteiger partial charge in [-0.1, -0.05) is 6.07 Å². The number of ether oxygens (including phenoxy) is 2. The molecule has 0 aliphatic carbocycles. The third kappa shape index (κ3) is 5.13. The van der Waals surface area contributed by atoms with Gasteiger partial charge in [0.25, 0.3) is 0 Å². The molecule has 5 heteroatoms. The van der Waals surface area contributed by atoms with Crippen LogP contribution in [0, 0.1) is 0 Å². The van der Waals surface area contributed by atoms with Crippen LogP contribution in [0.15, 0.2) is 22.7 Å². The van der Waals surface area contributed by atoms with E-state index in [1.165, 1.54) is 0 Å². The van der Waals surface area contributed by atoms with Gasteiger partial charge in [-0.2, -0.15) is 0 Å². The molecule has 4 nitrogen and oxygen atoms in total. The lowest BCUT2D eigenvalue weighted by molar-refractivity contribution is -0.145. The number of methoxy groups -OCH3 is 1. The van der Waals surface area contributed by atoms with Gasteiger partial charge in [-0.05, 0) is 54.4 Å². The first-order chi connectivity index (χ1) is 9.47. The monoisotopic (exact) mass is 343 g/mol. The van der Waals surface area contributed by atoms with Crippen molar-refractivity contribution < 1.29 is 14.3 Å². The van der Waals surface area contributed by atoms with Crippen molar-refractivity contribution in [2.45, 2.75) is 33.4 Å². The highest BCUT2D eigenvalue weighted by Gasteiger charge is 2.15. The molecule has 0 saturated carbocycles. The molecule has 0 aliphatic heterocycles. The van der Waals surface area contributed by atoms with E-state index in [1.54, 1.807) is 7.11 Å². The van der Waals surface area contributed by atoms with Gasteiger partial charge in [-0.3, -0.25) is 9.69 Å². The average molecular weight is 344 g/mol. The SMILES string of the molecule is CCOC(=O)CN(Cc1ccc(OC)c(Br)c1)C(C)C. The summed E-state index contributed by atoms with van der Waals surface area (Å²) in [6.07, 6.45) is 0. The summed E-state index contributed by atoms with van der Waals surface area (Å²) in [5.41, 5.74) is 1.12. The molecule has 112 valence electrons. The number of nitrogens with zero attached hydrogens (tertiary/aromatic N) is 1. The molecule has 0 aromatic heterocycles. The summed E-state index contributed by atoms with van der Waals surface area (Å²) in [7, 11) is 1.64. The molecule has 0 spiro atoms. The number of carbonyl (C=O) groups excluding carboxylic acids is 1. The molecule has 0 aliphatic rings. The van der Waals surface area contributed by atoms with E-state index in [-0.39, 0.29) is 12.0 Å². The maximum absolute atomic E-state index is 11.6. The molecule has 1 aromatic carbocycles. The molecule has 0 heterocycles. The smallest absolute Gasteiger partial charge is 0.320 e. The van der Waals surface area contributed by atoms with Gasteiger partial charge in [0.1, 0.15) is 5.75 Å². The Hall–Kier alpha value is -1.07. The van der Waals surface area contributed by atoms with E-state index in [0.717, 1.165) is 15.8 Å². The molecule has 20 heavy (non-hydrogen) atoms. The van der Waals surface area contributed by atoms with Gasteiger partial charge < -0.3 is 9.47 Å². The second-order valence-electron chi connectivity index (χ2n) is 4.77. The first-order valence-electron chi connectivity index (χ1n) is 6.70. The van der Waals surface area contributed by atoms with Crippen LogP contribution in [0.3, 0.4) is 0 Å². The van der Waals surface area contributed by atoms with Crippen molar-refractivity contribution in [3.8, 4) is 5.75 Å². The second kappa shape index (κ2) is 8.27. The van der Waals surface area contributed by atoms with E-state index < -0.39 is 0 Å². The van der Waals surface area contributed by atoms with E-state index in [2.05, 4.69) is 34.7 Å². The van der Waals surface area contributed by atoms with Crippen molar-refractivity contribution in [2.24, 2.45) is 0 Å². The third-order valence-electron chi connectivity index (χ3n) is 2.97. The zero-order valence-corrected chi connectivity index (χ0v) is 14.1. The summed E-state index contributed by atoms with van der Waals surface area (Å²) in [5, 5.41) is 0. The van der Waals surface area contributed by atoms with Gasteiger partial charge in [0.15, 0.2) is 0 Å². The standard InChI is InChI=1S/C15H22BrNO3/c1-5-20-15(18)10-17(11(2)3)9-12-6-7-14(19-4)13(16)8-12/h6-8,11H,5,9-10H2,1-4H3. The van der Waals surface area contributed by atoms with Crippen LogP contribution in [0.25, 0.3) is 0 Å². The minimum atomic E-state index is -0.186. The summed E-state index contributed by atoms with van der Waals surface area (Å²) >= 11 is 3.47. The fraction of sp³-hybridized carbons (Fsp3) is 0.533. The third-order valence-corrected chi connectivity index (χ3v) is 3.59. The molecule has 0 unspecified atom stereocenters. The molecule has 0 saturated heterocycles. The molecule has 0 bridgehead atoms. The van der Waals surface area contributed by atoms with Crippen LogP contribution < -0.4 is 4.74 Å². The Kier molecular flexibility index (Phi) is 7.02. The van der Waals surface area contributed by atoms with E-state index >= 15 is 0 Å². The topological polar surface area (TPSA) is 38.8 Å². The molecule has 1 rings (SSSR count). The van der Waals surface area contributed by atoms with Crippen LogP contribution in [-0.2, 0) is 16.1 Å². The van der Waals surface area contributed by atoms with E-state index in [9.17, 15) is 4.79 Å². The quantitative estimate of drug-likeness (QED) is 0.712. The fourth-order valence-corrected chi connectivity index (χ4v) is 2.42. The van der Waals surface area contributed by atoms with Crippen LogP contribution in [0.4, 0.5) is 0 Å². The molecule has 0 radical (unpaired) electrons. The lowest BCUT2D eigenvalue weighted by Gasteiger charge is -2.25. The van der Waals surface area contributed by atoms with E-state index in [0.29, 0.717) is 19.7 Å². The Morgan fingerprint density at radius 1 is 1.40 bits per heavy atom. The van der Waals surface area contributed by atoms with E-state index in [4.69, 9.17) is 9.47 Å². The van der Waals surface area contributed by atoms with Crippen molar-refractivity contribution >= 4 is 21.9 Å². The lowest BCUT2D eigenvalue weighted by atomic mass is 10.2. The highest BCUT2D eigenvalue weighted by atomic mass is 79.9.